The lowest BCUT2D eigenvalue weighted by atomic mass is 10.0. The van der Waals surface area contributed by atoms with Crippen molar-refractivity contribution in [2.45, 2.75) is 26.2 Å². The molecule has 2 atom stereocenters. The Labute approximate surface area is 99.5 Å². The molecule has 0 aromatic rings. The Morgan fingerprint density at radius 1 is 1.25 bits per heavy atom. The Kier molecular flexibility index (Phi) is 5.07. The van der Waals surface area contributed by atoms with Crippen molar-refractivity contribution in [2.75, 3.05) is 45.9 Å². The molecule has 94 valence electrons. The first-order chi connectivity index (χ1) is 7.88. The van der Waals surface area contributed by atoms with Gasteiger partial charge in [0.15, 0.2) is 0 Å². The van der Waals surface area contributed by atoms with Gasteiger partial charge >= 0.3 is 0 Å². The van der Waals surface area contributed by atoms with E-state index in [1.807, 2.05) is 0 Å². The summed E-state index contributed by atoms with van der Waals surface area (Å²) in [6.45, 7) is 10.4. The fourth-order valence-corrected chi connectivity index (χ4v) is 2.83. The van der Waals surface area contributed by atoms with Gasteiger partial charge in [-0.2, -0.15) is 0 Å². The number of nitrogens with one attached hydrogen (secondary N) is 1. The molecular weight excluding hydrogens is 200 g/mol. The van der Waals surface area contributed by atoms with Crippen LogP contribution in [0.25, 0.3) is 0 Å². The molecule has 3 heteroatoms. The molecule has 2 aliphatic heterocycles. The van der Waals surface area contributed by atoms with Crippen molar-refractivity contribution < 1.29 is 4.74 Å². The summed E-state index contributed by atoms with van der Waals surface area (Å²) >= 11 is 0. The zero-order valence-corrected chi connectivity index (χ0v) is 10.6. The van der Waals surface area contributed by atoms with Gasteiger partial charge in [0.2, 0.25) is 0 Å². The Bertz CT molecular complexity index is 192. The largest absolute Gasteiger partial charge is 0.381 e. The molecule has 2 aliphatic rings. The van der Waals surface area contributed by atoms with Gasteiger partial charge in [-0.1, -0.05) is 6.92 Å². The highest BCUT2D eigenvalue weighted by Crippen LogP contribution is 2.15. The number of hydrogen-bond acceptors (Lipinski definition) is 3. The zero-order chi connectivity index (χ0) is 11.2. The van der Waals surface area contributed by atoms with Crippen LogP contribution in [0.3, 0.4) is 0 Å². The van der Waals surface area contributed by atoms with E-state index in [9.17, 15) is 0 Å². The number of likely N-dealkylation sites (tertiary alicyclic amines) is 1. The van der Waals surface area contributed by atoms with Gasteiger partial charge in [-0.3, -0.25) is 0 Å². The molecule has 2 saturated heterocycles. The lowest BCUT2D eigenvalue weighted by molar-refractivity contribution is 0.0546. The van der Waals surface area contributed by atoms with Gasteiger partial charge in [0.1, 0.15) is 0 Å². The summed E-state index contributed by atoms with van der Waals surface area (Å²) < 4.78 is 5.49. The average molecular weight is 226 g/mol. The molecule has 0 saturated carbocycles. The van der Waals surface area contributed by atoms with E-state index in [0.29, 0.717) is 0 Å². The van der Waals surface area contributed by atoms with Gasteiger partial charge in [0.25, 0.3) is 0 Å². The first-order valence-electron chi connectivity index (χ1n) is 6.89. The number of hydrogen-bond donors (Lipinski definition) is 1. The summed E-state index contributed by atoms with van der Waals surface area (Å²) in [6, 6.07) is 0. The third-order valence-electron chi connectivity index (χ3n) is 3.94. The summed E-state index contributed by atoms with van der Waals surface area (Å²) in [6.07, 6.45) is 3.97. The van der Waals surface area contributed by atoms with Crippen LogP contribution in [0, 0.1) is 11.8 Å². The highest BCUT2D eigenvalue weighted by Gasteiger charge is 2.21. The lowest BCUT2D eigenvalue weighted by Crippen LogP contribution is -2.33. The minimum Gasteiger partial charge on any atom is -0.381 e. The lowest BCUT2D eigenvalue weighted by Gasteiger charge is -2.23. The summed E-state index contributed by atoms with van der Waals surface area (Å²) in [5.74, 6) is 1.64. The van der Waals surface area contributed by atoms with Crippen LogP contribution in [0.15, 0.2) is 0 Å². The van der Waals surface area contributed by atoms with Crippen molar-refractivity contribution in [3.05, 3.63) is 0 Å². The van der Waals surface area contributed by atoms with Gasteiger partial charge in [-0.15, -0.1) is 0 Å². The van der Waals surface area contributed by atoms with Crippen molar-refractivity contribution in [1.82, 2.24) is 10.2 Å². The summed E-state index contributed by atoms with van der Waals surface area (Å²) in [5.41, 5.74) is 0. The molecule has 0 aromatic heterocycles. The van der Waals surface area contributed by atoms with Crippen LogP contribution in [-0.4, -0.2) is 50.8 Å². The molecule has 0 radical (unpaired) electrons. The summed E-state index contributed by atoms with van der Waals surface area (Å²) in [5, 5.41) is 3.64. The maximum atomic E-state index is 5.49. The van der Waals surface area contributed by atoms with E-state index in [1.165, 1.54) is 45.4 Å². The predicted molar refractivity (Wildman–Crippen MR) is 66.6 cm³/mol. The molecule has 2 heterocycles. The molecule has 2 fully saturated rings. The third kappa shape index (κ3) is 3.72. The van der Waals surface area contributed by atoms with Gasteiger partial charge < -0.3 is 15.0 Å². The Balaban J connectivity index is 1.54. The second kappa shape index (κ2) is 6.58. The molecule has 0 aliphatic carbocycles. The first-order valence-corrected chi connectivity index (χ1v) is 6.89. The predicted octanol–water partition coefficient (Wildman–Crippen LogP) is 1.34. The minimum atomic E-state index is 0.762. The highest BCUT2D eigenvalue weighted by molar-refractivity contribution is 4.77. The molecule has 0 spiro atoms. The molecule has 16 heavy (non-hydrogen) atoms. The SMILES string of the molecule is CCN1CCC(CNCC2CCCOC2)C1. The molecule has 0 aromatic carbocycles. The minimum absolute atomic E-state index is 0.762. The van der Waals surface area contributed by atoms with E-state index in [0.717, 1.165) is 31.6 Å². The second-order valence-electron chi connectivity index (χ2n) is 5.29. The van der Waals surface area contributed by atoms with E-state index in [-0.39, 0.29) is 0 Å². The molecular formula is C13H26N2O. The van der Waals surface area contributed by atoms with Crippen LogP contribution in [0.4, 0.5) is 0 Å². The normalized spacial score (nSPS) is 32.1. The summed E-state index contributed by atoms with van der Waals surface area (Å²) in [7, 11) is 0. The van der Waals surface area contributed by atoms with Gasteiger partial charge in [0, 0.05) is 19.7 Å². The topological polar surface area (TPSA) is 24.5 Å². The van der Waals surface area contributed by atoms with E-state index in [1.54, 1.807) is 0 Å². The summed E-state index contributed by atoms with van der Waals surface area (Å²) in [4.78, 5) is 2.55. The van der Waals surface area contributed by atoms with Crippen molar-refractivity contribution >= 4 is 0 Å². The van der Waals surface area contributed by atoms with E-state index < -0.39 is 0 Å². The van der Waals surface area contributed by atoms with E-state index >= 15 is 0 Å². The zero-order valence-electron chi connectivity index (χ0n) is 10.6. The standard InChI is InChI=1S/C13H26N2O/c1-2-15-6-5-12(10-15)8-14-9-13-4-3-7-16-11-13/h12-14H,2-11H2,1H3. The maximum absolute atomic E-state index is 5.49. The first kappa shape index (κ1) is 12.3. The molecule has 1 N–H and O–H groups in total. The Morgan fingerprint density at radius 2 is 2.12 bits per heavy atom. The Hall–Kier alpha value is -0.120. The van der Waals surface area contributed by atoms with Crippen LogP contribution in [0.1, 0.15) is 26.2 Å². The van der Waals surface area contributed by atoms with Gasteiger partial charge in [-0.25, -0.2) is 0 Å². The fraction of sp³-hybridized carbons (Fsp3) is 1.00. The quantitative estimate of drug-likeness (QED) is 0.766. The number of ether oxygens (including phenoxy) is 1. The maximum Gasteiger partial charge on any atom is 0.0506 e. The van der Waals surface area contributed by atoms with Gasteiger partial charge in [-0.05, 0) is 50.7 Å². The molecule has 2 unspecified atom stereocenters. The monoisotopic (exact) mass is 226 g/mol. The van der Waals surface area contributed by atoms with Crippen molar-refractivity contribution in [2.24, 2.45) is 11.8 Å². The number of nitrogens with zero attached hydrogens (tertiary/aromatic N) is 1. The van der Waals surface area contributed by atoms with Crippen LogP contribution in [-0.2, 0) is 4.74 Å². The molecule has 0 bridgehead atoms. The van der Waals surface area contributed by atoms with E-state index in [2.05, 4.69) is 17.1 Å². The fourth-order valence-electron chi connectivity index (χ4n) is 2.83. The third-order valence-corrected chi connectivity index (χ3v) is 3.94. The number of rotatable bonds is 5. The highest BCUT2D eigenvalue weighted by atomic mass is 16.5. The van der Waals surface area contributed by atoms with Crippen molar-refractivity contribution in [3.63, 3.8) is 0 Å². The Morgan fingerprint density at radius 3 is 2.81 bits per heavy atom. The molecule has 2 rings (SSSR count). The van der Waals surface area contributed by atoms with Crippen molar-refractivity contribution in [1.29, 1.82) is 0 Å². The van der Waals surface area contributed by atoms with Crippen LogP contribution >= 0.6 is 0 Å². The smallest absolute Gasteiger partial charge is 0.0506 e. The van der Waals surface area contributed by atoms with E-state index in [4.69, 9.17) is 4.74 Å². The second-order valence-corrected chi connectivity index (χ2v) is 5.29. The average Bonchev–Trinajstić information content (AvgIpc) is 2.78. The molecule has 0 amide bonds. The molecule has 3 nitrogen and oxygen atoms in total. The van der Waals surface area contributed by atoms with Crippen LogP contribution < -0.4 is 5.32 Å². The van der Waals surface area contributed by atoms with Crippen LogP contribution in [0.2, 0.25) is 0 Å². The van der Waals surface area contributed by atoms with Crippen LogP contribution in [0.5, 0.6) is 0 Å². The van der Waals surface area contributed by atoms with Crippen molar-refractivity contribution in [3.8, 4) is 0 Å². The van der Waals surface area contributed by atoms with Gasteiger partial charge in [0.05, 0.1) is 6.61 Å².